The zero-order chi connectivity index (χ0) is 25.6. The normalized spacial score (nSPS) is 26.5. The van der Waals surface area contributed by atoms with Crippen LogP contribution >= 0.6 is 11.8 Å². The summed E-state index contributed by atoms with van der Waals surface area (Å²) in [7, 11) is 0. The molecule has 5 rings (SSSR count). The van der Waals surface area contributed by atoms with Gasteiger partial charge in [0.2, 0.25) is 5.91 Å². The summed E-state index contributed by atoms with van der Waals surface area (Å²) in [5.74, 6) is -4.28. The van der Waals surface area contributed by atoms with E-state index in [2.05, 4.69) is 5.32 Å². The summed E-state index contributed by atoms with van der Waals surface area (Å²) in [6.45, 7) is 0.0958. The van der Waals surface area contributed by atoms with Crippen LogP contribution in [-0.2, 0) is 17.8 Å². The molecule has 190 valence electrons. The molecular formula is C26H26F3N3O3S. The highest BCUT2D eigenvalue weighted by Gasteiger charge is 2.47. The second-order valence-corrected chi connectivity index (χ2v) is 10.7. The van der Waals surface area contributed by atoms with Gasteiger partial charge in [-0.15, -0.1) is 0 Å². The van der Waals surface area contributed by atoms with Crippen molar-refractivity contribution >= 4 is 28.7 Å². The van der Waals surface area contributed by atoms with Crippen LogP contribution in [0.4, 0.5) is 18.0 Å². The number of thioether (sulfide) groups is 1. The Labute approximate surface area is 210 Å². The van der Waals surface area contributed by atoms with Gasteiger partial charge in [-0.2, -0.15) is 0 Å². The van der Waals surface area contributed by atoms with Gasteiger partial charge in [-0.1, -0.05) is 30.0 Å². The molecule has 0 saturated carbocycles. The molecule has 36 heavy (non-hydrogen) atoms. The lowest BCUT2D eigenvalue weighted by molar-refractivity contribution is -0.125. The quantitative estimate of drug-likeness (QED) is 0.429. The fourth-order valence-electron chi connectivity index (χ4n) is 5.77. The molecule has 3 aliphatic rings. The summed E-state index contributed by atoms with van der Waals surface area (Å²) in [4.78, 5) is 39.0. The maximum absolute atomic E-state index is 14.3. The van der Waals surface area contributed by atoms with Gasteiger partial charge in [0.05, 0.1) is 12.3 Å². The van der Waals surface area contributed by atoms with Crippen molar-refractivity contribution in [2.24, 2.45) is 17.6 Å². The number of hydrogen-bond acceptors (Lipinski definition) is 6. The van der Waals surface area contributed by atoms with Gasteiger partial charge < -0.3 is 11.1 Å². The molecule has 6 nitrogen and oxygen atoms in total. The highest BCUT2D eigenvalue weighted by atomic mass is 32.2. The van der Waals surface area contributed by atoms with Crippen molar-refractivity contribution < 1.29 is 27.6 Å². The van der Waals surface area contributed by atoms with Crippen molar-refractivity contribution in [1.82, 2.24) is 10.2 Å². The summed E-state index contributed by atoms with van der Waals surface area (Å²) in [5.41, 5.74) is 7.62. The van der Waals surface area contributed by atoms with Crippen molar-refractivity contribution in [3.8, 4) is 0 Å². The van der Waals surface area contributed by atoms with Crippen LogP contribution in [-0.4, -0.2) is 45.7 Å². The first-order chi connectivity index (χ1) is 17.2. The number of fused-ring (bicyclic) bond motifs is 2. The van der Waals surface area contributed by atoms with Crippen molar-refractivity contribution in [3.05, 3.63) is 70.5 Å². The number of nitrogens with one attached hydrogen (secondary N) is 1. The number of nitrogens with two attached hydrogens (primary N) is 1. The monoisotopic (exact) mass is 517 g/mol. The van der Waals surface area contributed by atoms with Gasteiger partial charge in [-0.25, -0.2) is 13.2 Å². The Balaban J connectivity index is 1.38. The maximum Gasteiger partial charge on any atom is 0.289 e. The molecule has 0 radical (unpaired) electrons. The highest BCUT2D eigenvalue weighted by molar-refractivity contribution is 8.14. The number of halogens is 3. The van der Waals surface area contributed by atoms with Crippen molar-refractivity contribution in [2.45, 2.75) is 50.4 Å². The number of amides is 2. The zero-order valence-corrected chi connectivity index (χ0v) is 20.2. The third kappa shape index (κ3) is 4.81. The number of imide groups is 1. The van der Waals surface area contributed by atoms with Crippen LogP contribution in [0.1, 0.15) is 40.7 Å². The fraction of sp³-hybridized carbons (Fsp3) is 0.423. The number of ketones is 1. The third-order valence-corrected chi connectivity index (χ3v) is 8.38. The largest absolute Gasteiger partial charge is 0.327 e. The van der Waals surface area contributed by atoms with E-state index in [1.165, 1.54) is 4.90 Å². The van der Waals surface area contributed by atoms with E-state index in [0.717, 1.165) is 30.7 Å². The molecule has 3 aliphatic heterocycles. The van der Waals surface area contributed by atoms with Crippen LogP contribution < -0.4 is 11.1 Å². The molecule has 3 N–H and O–H groups in total. The van der Waals surface area contributed by atoms with Crippen LogP contribution in [0.15, 0.2) is 36.4 Å². The number of carbonyl (C=O) groups excluding carboxylic acids is 3. The molecule has 0 aromatic heterocycles. The summed E-state index contributed by atoms with van der Waals surface area (Å²) >= 11 is 0.958. The Hall–Kier alpha value is -2.69. The zero-order valence-electron chi connectivity index (χ0n) is 19.4. The van der Waals surface area contributed by atoms with Crippen LogP contribution in [0.3, 0.4) is 0 Å². The van der Waals surface area contributed by atoms with Crippen LogP contribution in [0, 0.1) is 29.3 Å². The summed E-state index contributed by atoms with van der Waals surface area (Å²) < 4.78 is 41.4. The molecule has 3 heterocycles. The molecule has 4 unspecified atom stereocenters. The van der Waals surface area contributed by atoms with E-state index in [4.69, 9.17) is 5.73 Å². The van der Waals surface area contributed by atoms with E-state index < -0.39 is 29.4 Å². The Morgan fingerprint density at radius 3 is 2.64 bits per heavy atom. The van der Waals surface area contributed by atoms with Gasteiger partial charge >= 0.3 is 0 Å². The number of rotatable bonds is 7. The molecule has 2 aromatic carbocycles. The predicted octanol–water partition coefficient (Wildman–Crippen LogP) is 3.81. The molecule has 3 saturated heterocycles. The number of hydrogen-bond donors (Lipinski definition) is 2. The Kier molecular flexibility index (Phi) is 6.93. The first kappa shape index (κ1) is 25.0. The van der Waals surface area contributed by atoms with Crippen LogP contribution in [0.5, 0.6) is 0 Å². The Morgan fingerprint density at radius 2 is 1.89 bits per heavy atom. The molecular weight excluding hydrogens is 491 g/mol. The van der Waals surface area contributed by atoms with Crippen molar-refractivity contribution in [2.75, 3.05) is 5.75 Å². The van der Waals surface area contributed by atoms with Crippen molar-refractivity contribution in [3.63, 3.8) is 0 Å². The Morgan fingerprint density at radius 1 is 1.11 bits per heavy atom. The van der Waals surface area contributed by atoms with Crippen LogP contribution in [0.2, 0.25) is 0 Å². The van der Waals surface area contributed by atoms with E-state index in [0.29, 0.717) is 23.6 Å². The van der Waals surface area contributed by atoms with E-state index in [1.54, 1.807) is 24.3 Å². The average Bonchev–Trinajstić information content (AvgIpc) is 3.39. The molecule has 0 aliphatic carbocycles. The average molecular weight is 518 g/mol. The summed E-state index contributed by atoms with van der Waals surface area (Å²) in [5, 5.41) is 3.19. The Bertz CT molecular complexity index is 1210. The SMILES string of the molecule is N[C@H](Cc1cc(F)c(F)cc1F)C1CC2CCC(N2)C1C(=O)c1cccc(CN2C(=O)CSC2=O)c1. The topological polar surface area (TPSA) is 92.5 Å². The summed E-state index contributed by atoms with van der Waals surface area (Å²) in [6, 6.07) is 7.71. The minimum absolute atomic E-state index is 0.0155. The van der Waals surface area contributed by atoms with Gasteiger partial charge in [0.25, 0.3) is 5.24 Å². The van der Waals surface area contributed by atoms with E-state index in [-0.39, 0.29) is 59.2 Å². The van der Waals surface area contributed by atoms with Gasteiger partial charge in [-0.3, -0.25) is 19.3 Å². The van der Waals surface area contributed by atoms with Gasteiger partial charge in [0.1, 0.15) is 5.82 Å². The van der Waals surface area contributed by atoms with Crippen LogP contribution in [0.25, 0.3) is 0 Å². The van der Waals surface area contributed by atoms with Gasteiger partial charge in [0, 0.05) is 35.7 Å². The first-order valence-electron chi connectivity index (χ1n) is 12.0. The smallest absolute Gasteiger partial charge is 0.289 e. The number of benzene rings is 2. The van der Waals surface area contributed by atoms with E-state index in [9.17, 15) is 27.6 Å². The fourth-order valence-corrected chi connectivity index (χ4v) is 6.49. The van der Waals surface area contributed by atoms with Gasteiger partial charge in [-0.05, 0) is 54.9 Å². The lowest BCUT2D eigenvalue weighted by Gasteiger charge is -2.40. The second kappa shape index (κ2) is 9.99. The predicted molar refractivity (Wildman–Crippen MR) is 129 cm³/mol. The maximum atomic E-state index is 14.3. The number of carbonyl (C=O) groups is 3. The second-order valence-electron chi connectivity index (χ2n) is 9.80. The lowest BCUT2D eigenvalue weighted by Crippen LogP contribution is -2.54. The standard InChI is InChI=1S/C26H26F3N3O3S/c27-18-10-20(29)19(28)7-15(18)8-21(30)17-9-16-4-5-22(31-16)24(17)25(34)14-3-1-2-13(6-14)11-32-23(33)12-36-26(32)35/h1-3,6-7,10,16-17,21-22,24,31H,4-5,8-9,11-12,30H2/t16?,17?,21-,22?,24?/m1/s1. The highest BCUT2D eigenvalue weighted by Crippen LogP contribution is 2.40. The minimum Gasteiger partial charge on any atom is -0.327 e. The molecule has 3 fully saturated rings. The van der Waals surface area contributed by atoms with E-state index >= 15 is 0 Å². The molecule has 2 amide bonds. The number of nitrogens with zero attached hydrogens (tertiary/aromatic N) is 1. The van der Waals surface area contributed by atoms with Gasteiger partial charge in [0.15, 0.2) is 17.4 Å². The number of piperidine rings is 1. The lowest BCUT2D eigenvalue weighted by atomic mass is 9.72. The molecule has 2 bridgehead atoms. The summed E-state index contributed by atoms with van der Waals surface area (Å²) in [6.07, 6.45) is 2.30. The molecule has 2 aromatic rings. The number of Topliss-reactive ketones (excluding diaryl/α,β-unsaturated/α-hetero) is 1. The third-order valence-electron chi connectivity index (χ3n) is 7.52. The van der Waals surface area contributed by atoms with Crippen molar-refractivity contribution in [1.29, 1.82) is 0 Å². The molecule has 0 spiro atoms. The van der Waals surface area contributed by atoms with E-state index in [1.807, 2.05) is 0 Å². The molecule has 5 atom stereocenters. The first-order valence-corrected chi connectivity index (χ1v) is 12.9. The molecule has 10 heteroatoms. The minimum atomic E-state index is -1.26.